The molecule has 0 saturated heterocycles. The first-order chi connectivity index (χ1) is 12.9. The van der Waals surface area contributed by atoms with Crippen LogP contribution in [0.5, 0.6) is 0 Å². The molecule has 2 aromatic rings. The van der Waals surface area contributed by atoms with Gasteiger partial charge in [0.05, 0.1) is 17.4 Å². The number of hydrogen-bond acceptors (Lipinski definition) is 3. The Morgan fingerprint density at radius 1 is 0.963 bits per heavy atom. The number of nitrogens with zero attached hydrogens (tertiary/aromatic N) is 1. The van der Waals surface area contributed by atoms with E-state index in [-0.39, 0.29) is 5.56 Å². The highest BCUT2D eigenvalue weighted by Gasteiger charge is 2.30. The number of aromatic nitrogens is 1. The van der Waals surface area contributed by atoms with Crippen LogP contribution in [-0.4, -0.2) is 16.9 Å². The Bertz CT molecular complexity index is 750. The van der Waals surface area contributed by atoms with Gasteiger partial charge in [-0.2, -0.15) is 13.2 Å². The van der Waals surface area contributed by atoms with E-state index in [1.807, 2.05) is 0 Å². The average Bonchev–Trinajstić information content (AvgIpc) is 2.91. The van der Waals surface area contributed by atoms with Gasteiger partial charge in [0.25, 0.3) is 5.91 Å². The van der Waals surface area contributed by atoms with Gasteiger partial charge in [-0.3, -0.25) is 4.79 Å². The first-order valence-electron chi connectivity index (χ1n) is 9.13. The van der Waals surface area contributed by atoms with Crippen LogP contribution in [0.15, 0.2) is 42.6 Å². The van der Waals surface area contributed by atoms with Crippen molar-refractivity contribution in [1.82, 2.24) is 4.98 Å². The van der Waals surface area contributed by atoms with E-state index in [9.17, 15) is 18.0 Å². The number of benzene rings is 1. The van der Waals surface area contributed by atoms with Crippen LogP contribution in [0.3, 0.4) is 0 Å². The van der Waals surface area contributed by atoms with E-state index in [0.717, 1.165) is 42.9 Å². The quantitative estimate of drug-likeness (QED) is 0.693. The topological polar surface area (TPSA) is 54.0 Å². The smallest absolute Gasteiger partial charge is 0.367 e. The fraction of sp³-hybridized carbons (Fsp3) is 0.400. The minimum absolute atomic E-state index is 0.156. The molecule has 0 atom stereocenters. The SMILES string of the molecule is O=C(Nc1ccc(NC2CCCCCC2)nc1)c1ccc(C(F)(F)F)cc1. The fourth-order valence-corrected chi connectivity index (χ4v) is 3.20. The van der Waals surface area contributed by atoms with Crippen molar-refractivity contribution in [2.24, 2.45) is 0 Å². The Labute approximate surface area is 156 Å². The molecule has 27 heavy (non-hydrogen) atoms. The van der Waals surface area contributed by atoms with Gasteiger partial charge in [0, 0.05) is 11.6 Å². The lowest BCUT2D eigenvalue weighted by atomic mass is 10.1. The van der Waals surface area contributed by atoms with Gasteiger partial charge in [-0.1, -0.05) is 25.7 Å². The predicted octanol–water partition coefficient (Wildman–Crippen LogP) is 5.49. The van der Waals surface area contributed by atoms with Gasteiger partial charge >= 0.3 is 6.18 Å². The summed E-state index contributed by atoms with van der Waals surface area (Å²) in [5.74, 6) is 0.282. The molecule has 1 aromatic heterocycles. The zero-order valence-corrected chi connectivity index (χ0v) is 14.9. The minimum atomic E-state index is -4.42. The Kier molecular flexibility index (Phi) is 5.98. The van der Waals surface area contributed by atoms with Crippen LogP contribution in [0.25, 0.3) is 0 Å². The molecule has 144 valence electrons. The molecule has 7 heteroatoms. The normalized spacial score (nSPS) is 15.8. The van der Waals surface area contributed by atoms with E-state index >= 15 is 0 Å². The largest absolute Gasteiger partial charge is 0.416 e. The van der Waals surface area contributed by atoms with E-state index in [2.05, 4.69) is 15.6 Å². The predicted molar refractivity (Wildman–Crippen MR) is 98.7 cm³/mol. The maximum Gasteiger partial charge on any atom is 0.416 e. The second-order valence-corrected chi connectivity index (χ2v) is 6.79. The highest BCUT2D eigenvalue weighted by atomic mass is 19.4. The lowest BCUT2D eigenvalue weighted by Crippen LogP contribution is -2.19. The molecule has 1 aromatic carbocycles. The van der Waals surface area contributed by atoms with Crippen LogP contribution >= 0.6 is 0 Å². The van der Waals surface area contributed by atoms with Crippen LogP contribution in [0.1, 0.15) is 54.4 Å². The van der Waals surface area contributed by atoms with Crippen LogP contribution in [0, 0.1) is 0 Å². The lowest BCUT2D eigenvalue weighted by Gasteiger charge is -2.17. The Morgan fingerprint density at radius 3 is 2.19 bits per heavy atom. The number of halogens is 3. The fourth-order valence-electron chi connectivity index (χ4n) is 3.20. The second-order valence-electron chi connectivity index (χ2n) is 6.79. The number of nitrogens with one attached hydrogen (secondary N) is 2. The third-order valence-electron chi connectivity index (χ3n) is 4.70. The van der Waals surface area contributed by atoms with Crippen LogP contribution in [0.4, 0.5) is 24.7 Å². The minimum Gasteiger partial charge on any atom is -0.367 e. The molecule has 1 aliphatic carbocycles. The van der Waals surface area contributed by atoms with Gasteiger partial charge in [0.2, 0.25) is 0 Å². The molecule has 0 radical (unpaired) electrons. The van der Waals surface area contributed by atoms with Crippen LogP contribution in [-0.2, 0) is 6.18 Å². The summed E-state index contributed by atoms with van der Waals surface area (Å²) in [5, 5.41) is 6.07. The molecular weight excluding hydrogens is 355 g/mol. The monoisotopic (exact) mass is 377 g/mol. The molecule has 3 rings (SSSR count). The second kappa shape index (κ2) is 8.41. The maximum atomic E-state index is 12.6. The molecule has 1 amide bonds. The van der Waals surface area contributed by atoms with Gasteiger partial charge in [-0.05, 0) is 49.2 Å². The summed E-state index contributed by atoms with van der Waals surface area (Å²) in [4.78, 5) is 16.5. The highest BCUT2D eigenvalue weighted by Crippen LogP contribution is 2.29. The summed E-state index contributed by atoms with van der Waals surface area (Å²) < 4.78 is 37.7. The number of carbonyl (C=O) groups excluding carboxylic acids is 1. The van der Waals surface area contributed by atoms with Crippen molar-refractivity contribution in [2.45, 2.75) is 50.7 Å². The number of amides is 1. The summed E-state index contributed by atoms with van der Waals surface area (Å²) in [6.07, 6.45) is 4.39. The summed E-state index contributed by atoms with van der Waals surface area (Å²) >= 11 is 0. The van der Waals surface area contributed by atoms with Gasteiger partial charge in [0.15, 0.2) is 0 Å². The van der Waals surface area contributed by atoms with E-state index in [1.165, 1.54) is 25.7 Å². The molecular formula is C20H22F3N3O. The first kappa shape index (κ1) is 19.2. The van der Waals surface area contributed by atoms with Gasteiger partial charge in [0.1, 0.15) is 5.82 Å². The molecule has 1 heterocycles. The number of alkyl halides is 3. The van der Waals surface area contributed by atoms with Gasteiger partial charge in [-0.15, -0.1) is 0 Å². The molecule has 1 fully saturated rings. The summed E-state index contributed by atoms with van der Waals surface area (Å²) in [6.45, 7) is 0. The Morgan fingerprint density at radius 2 is 1.63 bits per heavy atom. The lowest BCUT2D eigenvalue weighted by molar-refractivity contribution is -0.137. The Balaban J connectivity index is 1.58. The standard InChI is InChI=1S/C20H22F3N3O/c21-20(22,23)15-9-7-14(8-10-15)19(27)26-17-11-12-18(24-13-17)25-16-5-3-1-2-4-6-16/h7-13,16H,1-6H2,(H,24,25)(H,26,27). The Hall–Kier alpha value is -2.57. The third-order valence-corrected chi connectivity index (χ3v) is 4.70. The van der Waals surface area contributed by atoms with E-state index in [0.29, 0.717) is 11.7 Å². The number of rotatable bonds is 4. The zero-order chi connectivity index (χ0) is 19.3. The average molecular weight is 377 g/mol. The molecule has 1 saturated carbocycles. The summed E-state index contributed by atoms with van der Waals surface area (Å²) in [6, 6.07) is 8.06. The molecule has 0 aliphatic heterocycles. The first-order valence-corrected chi connectivity index (χ1v) is 9.13. The third kappa shape index (κ3) is 5.45. The molecule has 0 bridgehead atoms. The van der Waals surface area contributed by atoms with Gasteiger partial charge < -0.3 is 10.6 Å². The van der Waals surface area contributed by atoms with Crippen molar-refractivity contribution < 1.29 is 18.0 Å². The van der Waals surface area contributed by atoms with Crippen molar-refractivity contribution in [2.75, 3.05) is 10.6 Å². The van der Waals surface area contributed by atoms with E-state index in [1.54, 1.807) is 18.3 Å². The van der Waals surface area contributed by atoms with Crippen molar-refractivity contribution >= 4 is 17.4 Å². The summed E-state index contributed by atoms with van der Waals surface area (Å²) in [5.41, 5.74) is -0.135. The van der Waals surface area contributed by atoms with Crippen molar-refractivity contribution in [3.63, 3.8) is 0 Å². The van der Waals surface area contributed by atoms with E-state index < -0.39 is 17.6 Å². The number of anilines is 2. The number of hydrogen-bond donors (Lipinski definition) is 2. The highest BCUT2D eigenvalue weighted by molar-refractivity contribution is 6.04. The van der Waals surface area contributed by atoms with E-state index in [4.69, 9.17) is 0 Å². The summed E-state index contributed by atoms with van der Waals surface area (Å²) in [7, 11) is 0. The molecule has 4 nitrogen and oxygen atoms in total. The maximum absolute atomic E-state index is 12.6. The van der Waals surface area contributed by atoms with Crippen molar-refractivity contribution in [1.29, 1.82) is 0 Å². The molecule has 0 spiro atoms. The van der Waals surface area contributed by atoms with Crippen molar-refractivity contribution in [3.05, 3.63) is 53.7 Å². The number of pyridine rings is 1. The molecule has 1 aliphatic rings. The van der Waals surface area contributed by atoms with Crippen molar-refractivity contribution in [3.8, 4) is 0 Å². The van der Waals surface area contributed by atoms with Crippen LogP contribution < -0.4 is 10.6 Å². The van der Waals surface area contributed by atoms with Gasteiger partial charge in [-0.25, -0.2) is 4.98 Å². The molecule has 2 N–H and O–H groups in total. The number of carbonyl (C=O) groups is 1. The molecule has 0 unspecified atom stereocenters. The van der Waals surface area contributed by atoms with Crippen LogP contribution in [0.2, 0.25) is 0 Å². The zero-order valence-electron chi connectivity index (χ0n) is 14.9.